The highest BCUT2D eigenvalue weighted by Gasteiger charge is 2.33. The number of carboxylic acid groups (broad SMARTS) is 1. The summed E-state index contributed by atoms with van der Waals surface area (Å²) < 4.78 is 5.48. The number of aliphatic hydroxyl groups excluding tert-OH is 1. The summed E-state index contributed by atoms with van der Waals surface area (Å²) in [6.45, 7) is 4.59. The zero-order chi connectivity index (χ0) is 12.4. The quantitative estimate of drug-likeness (QED) is 0.747. The number of piperidine rings is 1. The van der Waals surface area contributed by atoms with Crippen molar-refractivity contribution in [1.29, 1.82) is 0 Å². The maximum absolute atomic E-state index is 10.8. The monoisotopic (exact) mass is 243 g/mol. The van der Waals surface area contributed by atoms with E-state index >= 15 is 0 Å². The van der Waals surface area contributed by atoms with Crippen LogP contribution in [0, 0.1) is 5.92 Å². The Hall–Kier alpha value is -0.650. The summed E-state index contributed by atoms with van der Waals surface area (Å²) in [7, 11) is 0. The van der Waals surface area contributed by atoms with Crippen LogP contribution in [0.15, 0.2) is 0 Å². The second-order valence-corrected chi connectivity index (χ2v) is 5.26. The van der Waals surface area contributed by atoms with Gasteiger partial charge < -0.3 is 19.8 Å². The molecule has 0 spiro atoms. The number of carbonyl (C=O) groups is 1. The lowest BCUT2D eigenvalue weighted by atomic mass is 9.96. The van der Waals surface area contributed by atoms with Gasteiger partial charge in [-0.25, -0.2) is 4.79 Å². The summed E-state index contributed by atoms with van der Waals surface area (Å²) in [5, 5.41) is 18.5. The Morgan fingerprint density at radius 2 is 2.18 bits per heavy atom. The molecule has 2 aliphatic heterocycles. The van der Waals surface area contributed by atoms with Crippen LogP contribution in [0.5, 0.6) is 0 Å². The van der Waals surface area contributed by atoms with E-state index in [0.717, 1.165) is 32.5 Å². The van der Waals surface area contributed by atoms with E-state index in [9.17, 15) is 9.90 Å². The molecule has 2 heterocycles. The molecule has 2 fully saturated rings. The molecule has 0 bridgehead atoms. The molecule has 0 aromatic rings. The van der Waals surface area contributed by atoms with Crippen molar-refractivity contribution in [2.24, 2.45) is 5.92 Å². The zero-order valence-electron chi connectivity index (χ0n) is 10.2. The van der Waals surface area contributed by atoms with Crippen LogP contribution in [0.3, 0.4) is 0 Å². The molecule has 5 heteroatoms. The van der Waals surface area contributed by atoms with E-state index < -0.39 is 12.1 Å². The Labute approximate surface area is 101 Å². The lowest BCUT2D eigenvalue weighted by Crippen LogP contribution is -2.45. The van der Waals surface area contributed by atoms with Crippen molar-refractivity contribution in [2.45, 2.75) is 44.5 Å². The number of aliphatic carboxylic acids is 1. The van der Waals surface area contributed by atoms with Crippen molar-refractivity contribution in [2.75, 3.05) is 19.6 Å². The van der Waals surface area contributed by atoms with Crippen molar-refractivity contribution in [3.8, 4) is 0 Å². The first-order valence-electron chi connectivity index (χ1n) is 6.35. The molecule has 2 N–H and O–H groups in total. The summed E-state index contributed by atoms with van der Waals surface area (Å²) >= 11 is 0. The van der Waals surface area contributed by atoms with Crippen molar-refractivity contribution < 1.29 is 19.7 Å². The van der Waals surface area contributed by atoms with Gasteiger partial charge in [0.15, 0.2) is 6.10 Å². The van der Waals surface area contributed by atoms with Gasteiger partial charge in [0.05, 0.1) is 12.2 Å². The smallest absolute Gasteiger partial charge is 0.332 e. The van der Waals surface area contributed by atoms with Gasteiger partial charge in [-0.05, 0) is 25.2 Å². The van der Waals surface area contributed by atoms with Gasteiger partial charge in [-0.15, -0.1) is 0 Å². The third-order valence-electron chi connectivity index (χ3n) is 3.79. The third kappa shape index (κ3) is 3.18. The Balaban J connectivity index is 1.77. The highest BCUT2D eigenvalue weighted by atomic mass is 16.5. The Morgan fingerprint density at radius 3 is 2.76 bits per heavy atom. The Kier molecular flexibility index (Phi) is 4.01. The van der Waals surface area contributed by atoms with Crippen LogP contribution in [0.4, 0.5) is 0 Å². The average molecular weight is 243 g/mol. The van der Waals surface area contributed by atoms with Crippen molar-refractivity contribution in [3.63, 3.8) is 0 Å². The number of aliphatic hydroxyl groups is 1. The fourth-order valence-corrected chi connectivity index (χ4v) is 2.70. The minimum atomic E-state index is -0.852. The normalized spacial score (nSPS) is 39.4. The second kappa shape index (κ2) is 5.33. The second-order valence-electron chi connectivity index (χ2n) is 5.26. The van der Waals surface area contributed by atoms with Gasteiger partial charge in [0.2, 0.25) is 0 Å². The SMILES string of the molecule is CC1CN(CC2CCC(C(=O)O)O2)CCC1O. The molecular weight excluding hydrogens is 222 g/mol. The topological polar surface area (TPSA) is 70.0 Å². The molecule has 0 aromatic heterocycles. The molecule has 2 aliphatic rings. The molecule has 98 valence electrons. The third-order valence-corrected chi connectivity index (χ3v) is 3.79. The number of nitrogens with zero attached hydrogens (tertiary/aromatic N) is 1. The first-order chi connectivity index (χ1) is 8.06. The van der Waals surface area contributed by atoms with E-state index in [0.29, 0.717) is 12.3 Å². The van der Waals surface area contributed by atoms with E-state index in [2.05, 4.69) is 4.90 Å². The van der Waals surface area contributed by atoms with E-state index in [-0.39, 0.29) is 12.2 Å². The molecule has 0 aliphatic carbocycles. The highest BCUT2D eigenvalue weighted by Crippen LogP contribution is 2.23. The predicted molar refractivity (Wildman–Crippen MR) is 61.8 cm³/mol. The Morgan fingerprint density at radius 1 is 1.41 bits per heavy atom. The summed E-state index contributed by atoms with van der Waals surface area (Å²) in [5.41, 5.74) is 0. The van der Waals surface area contributed by atoms with E-state index in [4.69, 9.17) is 9.84 Å². The number of carboxylic acids is 1. The number of hydrogen-bond donors (Lipinski definition) is 2. The molecule has 2 rings (SSSR count). The van der Waals surface area contributed by atoms with Crippen LogP contribution >= 0.6 is 0 Å². The zero-order valence-corrected chi connectivity index (χ0v) is 10.2. The molecule has 4 unspecified atom stereocenters. The standard InChI is InChI=1S/C12H21NO4/c1-8-6-13(5-4-10(8)14)7-9-2-3-11(17-9)12(15)16/h8-11,14H,2-7H2,1H3,(H,15,16). The fraction of sp³-hybridized carbons (Fsp3) is 0.917. The summed E-state index contributed by atoms with van der Waals surface area (Å²) in [6, 6.07) is 0. The van der Waals surface area contributed by atoms with Crippen LogP contribution in [0.1, 0.15) is 26.2 Å². The molecular formula is C12H21NO4. The number of likely N-dealkylation sites (tertiary alicyclic amines) is 1. The van der Waals surface area contributed by atoms with Crippen LogP contribution in [-0.2, 0) is 9.53 Å². The molecule has 0 amide bonds. The summed E-state index contributed by atoms with van der Waals surface area (Å²) in [5.74, 6) is -0.560. The first-order valence-corrected chi connectivity index (χ1v) is 6.35. The van der Waals surface area contributed by atoms with Crippen LogP contribution in [-0.4, -0.2) is 59.0 Å². The maximum Gasteiger partial charge on any atom is 0.332 e. The van der Waals surface area contributed by atoms with Gasteiger partial charge in [-0.3, -0.25) is 0 Å². The molecule has 0 aromatic carbocycles. The first kappa shape index (κ1) is 12.8. The molecule has 5 nitrogen and oxygen atoms in total. The predicted octanol–water partition coefficient (Wildman–Crippen LogP) is 0.321. The van der Waals surface area contributed by atoms with Crippen molar-refractivity contribution in [3.05, 3.63) is 0 Å². The molecule has 0 saturated carbocycles. The van der Waals surface area contributed by atoms with Crippen LogP contribution in [0.25, 0.3) is 0 Å². The maximum atomic E-state index is 10.8. The summed E-state index contributed by atoms with van der Waals surface area (Å²) in [6.07, 6.45) is 1.47. The number of hydrogen-bond acceptors (Lipinski definition) is 4. The van der Waals surface area contributed by atoms with Crippen molar-refractivity contribution >= 4 is 5.97 Å². The number of rotatable bonds is 3. The van der Waals surface area contributed by atoms with Gasteiger partial charge in [0.25, 0.3) is 0 Å². The van der Waals surface area contributed by atoms with Crippen LogP contribution in [0.2, 0.25) is 0 Å². The molecule has 2 saturated heterocycles. The van der Waals surface area contributed by atoms with Gasteiger partial charge >= 0.3 is 5.97 Å². The van der Waals surface area contributed by atoms with Gasteiger partial charge in [-0.1, -0.05) is 6.92 Å². The van der Waals surface area contributed by atoms with Gasteiger partial charge in [0.1, 0.15) is 0 Å². The van der Waals surface area contributed by atoms with Crippen molar-refractivity contribution in [1.82, 2.24) is 4.90 Å². The van der Waals surface area contributed by atoms with Gasteiger partial charge in [0, 0.05) is 19.6 Å². The number of ether oxygens (including phenoxy) is 1. The Bertz CT molecular complexity index is 284. The lowest BCUT2D eigenvalue weighted by molar-refractivity contribution is -0.149. The average Bonchev–Trinajstić information content (AvgIpc) is 2.72. The fourth-order valence-electron chi connectivity index (χ4n) is 2.70. The summed E-state index contributed by atoms with van der Waals surface area (Å²) in [4.78, 5) is 13.0. The molecule has 4 atom stereocenters. The van der Waals surface area contributed by atoms with Gasteiger partial charge in [-0.2, -0.15) is 0 Å². The molecule has 17 heavy (non-hydrogen) atoms. The minimum absolute atomic E-state index is 0.0403. The van der Waals surface area contributed by atoms with E-state index in [1.807, 2.05) is 6.92 Å². The van der Waals surface area contributed by atoms with E-state index in [1.54, 1.807) is 0 Å². The van der Waals surface area contributed by atoms with E-state index in [1.165, 1.54) is 0 Å². The minimum Gasteiger partial charge on any atom is -0.479 e. The largest absolute Gasteiger partial charge is 0.479 e. The lowest BCUT2D eigenvalue weighted by Gasteiger charge is -2.35. The molecule has 0 radical (unpaired) electrons. The van der Waals surface area contributed by atoms with Crippen LogP contribution < -0.4 is 0 Å². The highest BCUT2D eigenvalue weighted by molar-refractivity contribution is 5.72.